The highest BCUT2D eigenvalue weighted by Crippen LogP contribution is 2.37. The maximum absolute atomic E-state index is 14.1. The topological polar surface area (TPSA) is 44.5 Å². The predicted molar refractivity (Wildman–Crippen MR) is 110 cm³/mol. The second-order valence-corrected chi connectivity index (χ2v) is 6.53. The zero-order chi connectivity index (χ0) is 21.0. The number of nitrogen functional groups attached to an aromatic ring is 1. The van der Waals surface area contributed by atoms with E-state index in [9.17, 15) is 8.78 Å². The van der Waals surface area contributed by atoms with E-state index in [1.165, 1.54) is 6.07 Å². The average molecular weight is 392 g/mol. The summed E-state index contributed by atoms with van der Waals surface area (Å²) in [6.07, 6.45) is 0. The number of rotatable bonds is 4. The number of nitrogens with two attached hydrogens (primary N) is 1. The third-order valence-corrected chi connectivity index (χ3v) is 4.42. The Bertz CT molecular complexity index is 1110. The molecule has 1 radical (unpaired) electrons. The molecule has 3 aromatic rings. The second kappa shape index (κ2) is 8.76. The number of aryl methyl sites for hydroxylation is 1. The van der Waals surface area contributed by atoms with Gasteiger partial charge in [-0.05, 0) is 60.9 Å². The Morgan fingerprint density at radius 1 is 1.03 bits per heavy atom. The molecular weight excluding hydrogens is 372 g/mol. The fourth-order valence-corrected chi connectivity index (χ4v) is 2.78. The van der Waals surface area contributed by atoms with Crippen LogP contribution in [0.15, 0.2) is 42.5 Å². The summed E-state index contributed by atoms with van der Waals surface area (Å²) in [5.41, 5.74) is 10.6. The summed E-state index contributed by atoms with van der Waals surface area (Å²) < 4.78 is 38.0. The van der Waals surface area contributed by atoms with Crippen LogP contribution in [0.1, 0.15) is 16.7 Å². The highest BCUT2D eigenvalue weighted by Gasteiger charge is 2.14. The molecule has 0 aromatic heterocycles. The Morgan fingerprint density at radius 2 is 1.79 bits per heavy atom. The van der Waals surface area contributed by atoms with E-state index in [-0.39, 0.29) is 5.75 Å². The lowest BCUT2D eigenvalue weighted by molar-refractivity contribution is 0.240. The highest BCUT2D eigenvalue weighted by molar-refractivity contribution is 5.76. The molecule has 29 heavy (non-hydrogen) atoms. The van der Waals surface area contributed by atoms with Gasteiger partial charge in [0.25, 0.3) is 0 Å². The van der Waals surface area contributed by atoms with Crippen molar-refractivity contribution in [1.82, 2.24) is 0 Å². The lowest BCUT2D eigenvalue weighted by Gasteiger charge is -2.14. The standard InChI is InChI=1S/C24H20F2NO2/c1-15-11-18(12-17(16(15)2)5-4-10-28-3)21-14-20(27)7-9-23(21)29-24-8-6-19(25)13-22(24)26/h6-9,11,13-14H,10,27H2,1-3H3. The molecule has 0 spiro atoms. The number of ether oxygens (including phenoxy) is 2. The third kappa shape index (κ3) is 4.74. The summed E-state index contributed by atoms with van der Waals surface area (Å²) in [7, 11) is 1.58. The molecule has 2 N–H and O–H groups in total. The molecule has 3 nitrogen and oxygen atoms in total. The molecule has 0 saturated carbocycles. The van der Waals surface area contributed by atoms with Crippen molar-refractivity contribution in [3.63, 3.8) is 0 Å². The van der Waals surface area contributed by atoms with Gasteiger partial charge in [-0.3, -0.25) is 0 Å². The average Bonchev–Trinajstić information content (AvgIpc) is 2.68. The van der Waals surface area contributed by atoms with Crippen molar-refractivity contribution in [3.05, 3.63) is 76.9 Å². The van der Waals surface area contributed by atoms with E-state index >= 15 is 0 Å². The van der Waals surface area contributed by atoms with Crippen molar-refractivity contribution in [2.24, 2.45) is 0 Å². The van der Waals surface area contributed by atoms with Crippen LogP contribution >= 0.6 is 0 Å². The summed E-state index contributed by atoms with van der Waals surface area (Å²) in [5, 5.41) is 0. The lowest BCUT2D eigenvalue weighted by Crippen LogP contribution is -1.96. The van der Waals surface area contributed by atoms with Crippen molar-refractivity contribution in [2.45, 2.75) is 13.8 Å². The van der Waals surface area contributed by atoms with E-state index in [1.807, 2.05) is 19.9 Å². The molecule has 0 unspecified atom stereocenters. The first kappa shape index (κ1) is 20.4. The van der Waals surface area contributed by atoms with Gasteiger partial charge in [-0.25, -0.2) is 8.78 Å². The summed E-state index contributed by atoms with van der Waals surface area (Å²) in [6.45, 7) is 4.25. The highest BCUT2D eigenvalue weighted by atomic mass is 19.1. The fourth-order valence-electron chi connectivity index (χ4n) is 2.78. The number of hydrogen-bond acceptors (Lipinski definition) is 3. The van der Waals surface area contributed by atoms with Crippen LogP contribution in [0.3, 0.4) is 0 Å². The number of halogens is 2. The summed E-state index contributed by atoms with van der Waals surface area (Å²) in [5.74, 6) is 4.82. The summed E-state index contributed by atoms with van der Waals surface area (Å²) >= 11 is 0. The van der Waals surface area contributed by atoms with Gasteiger partial charge >= 0.3 is 0 Å². The molecule has 0 fully saturated rings. The molecular formula is C24H20F2NO2. The normalized spacial score (nSPS) is 10.4. The minimum absolute atomic E-state index is 0.0821. The SMILES string of the molecule is COCC#Cc1[c]c(-c2cc(N)ccc2Oc2ccc(F)cc2F)cc(C)c1C. The van der Waals surface area contributed by atoms with Gasteiger partial charge in [0.1, 0.15) is 18.2 Å². The minimum Gasteiger partial charge on any atom is -0.454 e. The molecule has 0 heterocycles. The molecule has 0 aliphatic rings. The van der Waals surface area contributed by atoms with E-state index in [0.717, 1.165) is 28.8 Å². The minimum atomic E-state index is -0.789. The fraction of sp³-hybridized carbons (Fsp3) is 0.167. The quantitative estimate of drug-likeness (QED) is 0.476. The number of hydrogen-bond donors (Lipinski definition) is 1. The van der Waals surface area contributed by atoms with E-state index in [4.69, 9.17) is 15.2 Å². The first-order chi connectivity index (χ1) is 13.9. The van der Waals surface area contributed by atoms with Crippen molar-refractivity contribution >= 4 is 5.69 Å². The van der Waals surface area contributed by atoms with Gasteiger partial charge < -0.3 is 15.2 Å². The maximum Gasteiger partial charge on any atom is 0.168 e. The number of methoxy groups -OCH3 is 1. The number of benzene rings is 3. The molecule has 0 aliphatic heterocycles. The van der Waals surface area contributed by atoms with Crippen LogP contribution in [0.25, 0.3) is 11.1 Å². The smallest absolute Gasteiger partial charge is 0.168 e. The van der Waals surface area contributed by atoms with Gasteiger partial charge in [0, 0.05) is 36.1 Å². The largest absolute Gasteiger partial charge is 0.454 e. The van der Waals surface area contributed by atoms with E-state index in [1.54, 1.807) is 25.3 Å². The van der Waals surface area contributed by atoms with Crippen molar-refractivity contribution in [3.8, 4) is 34.5 Å². The van der Waals surface area contributed by atoms with Crippen LogP contribution < -0.4 is 10.5 Å². The second-order valence-electron chi connectivity index (χ2n) is 6.53. The predicted octanol–water partition coefficient (Wildman–Crippen LogP) is 5.42. The molecule has 0 amide bonds. The van der Waals surface area contributed by atoms with Gasteiger partial charge in [0.05, 0.1) is 0 Å². The Morgan fingerprint density at radius 3 is 2.52 bits per heavy atom. The van der Waals surface area contributed by atoms with Gasteiger partial charge in [-0.15, -0.1) is 0 Å². The van der Waals surface area contributed by atoms with Gasteiger partial charge in [0.2, 0.25) is 0 Å². The van der Waals surface area contributed by atoms with Crippen LogP contribution in [0.4, 0.5) is 14.5 Å². The van der Waals surface area contributed by atoms with Crippen LogP contribution in [-0.4, -0.2) is 13.7 Å². The van der Waals surface area contributed by atoms with E-state index < -0.39 is 11.6 Å². The third-order valence-electron chi connectivity index (χ3n) is 4.42. The van der Waals surface area contributed by atoms with Crippen LogP contribution in [0, 0.1) is 43.4 Å². The zero-order valence-corrected chi connectivity index (χ0v) is 16.4. The van der Waals surface area contributed by atoms with Crippen LogP contribution in [-0.2, 0) is 4.74 Å². The Hall–Kier alpha value is -3.36. The van der Waals surface area contributed by atoms with Gasteiger partial charge in [-0.1, -0.05) is 17.9 Å². The van der Waals surface area contributed by atoms with Crippen LogP contribution in [0.2, 0.25) is 0 Å². The lowest BCUT2D eigenvalue weighted by atomic mass is 9.95. The molecule has 147 valence electrons. The Labute approximate surface area is 169 Å². The van der Waals surface area contributed by atoms with Crippen molar-refractivity contribution in [2.75, 3.05) is 19.5 Å². The molecule has 3 rings (SSSR count). The summed E-state index contributed by atoms with van der Waals surface area (Å²) in [6, 6.07) is 13.4. The molecule has 0 saturated heterocycles. The molecule has 3 aromatic carbocycles. The first-order valence-electron chi connectivity index (χ1n) is 8.93. The van der Waals surface area contributed by atoms with Crippen molar-refractivity contribution in [1.29, 1.82) is 0 Å². The zero-order valence-electron chi connectivity index (χ0n) is 16.4. The van der Waals surface area contributed by atoms with E-state index in [2.05, 4.69) is 17.9 Å². The summed E-state index contributed by atoms with van der Waals surface area (Å²) in [4.78, 5) is 0. The van der Waals surface area contributed by atoms with Crippen molar-refractivity contribution < 1.29 is 18.3 Å². The first-order valence-corrected chi connectivity index (χ1v) is 8.93. The molecule has 5 heteroatoms. The monoisotopic (exact) mass is 392 g/mol. The molecule has 0 aliphatic carbocycles. The Kier molecular flexibility index (Phi) is 6.16. The number of anilines is 1. The van der Waals surface area contributed by atoms with Gasteiger partial charge in [0.15, 0.2) is 11.6 Å². The maximum atomic E-state index is 14.1. The molecule has 0 atom stereocenters. The van der Waals surface area contributed by atoms with E-state index in [0.29, 0.717) is 29.2 Å². The van der Waals surface area contributed by atoms with Crippen LogP contribution in [0.5, 0.6) is 11.5 Å². The van der Waals surface area contributed by atoms with Gasteiger partial charge in [-0.2, -0.15) is 0 Å². The molecule has 0 bridgehead atoms. The Balaban J connectivity index is 2.09.